The number of carbonyl (C=O) groups excluding carboxylic acids is 2. The summed E-state index contributed by atoms with van der Waals surface area (Å²) in [7, 11) is 0. The lowest BCUT2D eigenvalue weighted by atomic mass is 10.1. The van der Waals surface area contributed by atoms with Crippen molar-refractivity contribution < 1.29 is 9.59 Å². The van der Waals surface area contributed by atoms with Crippen molar-refractivity contribution in [1.82, 2.24) is 0 Å². The number of carbonyl (C=O) groups is 2. The second-order valence-electron chi connectivity index (χ2n) is 7.31. The minimum atomic E-state index is -0.336. The largest absolute Gasteiger partial charge is 0.370 e. The smallest absolute Gasteiger partial charge is 0.229 e. The van der Waals surface area contributed by atoms with Gasteiger partial charge in [0.05, 0.1) is 17.3 Å². The van der Waals surface area contributed by atoms with Crippen molar-refractivity contribution in [2.24, 2.45) is 5.92 Å². The van der Waals surface area contributed by atoms with E-state index in [0.717, 1.165) is 35.0 Å². The Labute approximate surface area is 170 Å². The van der Waals surface area contributed by atoms with Crippen molar-refractivity contribution in [1.29, 1.82) is 0 Å². The monoisotopic (exact) mass is 395 g/mol. The van der Waals surface area contributed by atoms with E-state index >= 15 is 0 Å². The van der Waals surface area contributed by atoms with Gasteiger partial charge in [-0.1, -0.05) is 18.2 Å². The van der Waals surface area contributed by atoms with Crippen LogP contribution in [0.3, 0.4) is 0 Å². The number of nitrogens with one attached hydrogen (secondary N) is 1. The summed E-state index contributed by atoms with van der Waals surface area (Å²) in [5, 5.41) is 3.08. The molecule has 2 aromatic carbocycles. The van der Waals surface area contributed by atoms with Crippen LogP contribution in [0.1, 0.15) is 19.3 Å². The standard InChI is InChI=1S/C22H25N3O2S/c1-28-18-8-6-7-17(14-18)25-15-16(13-21(25)26)22(27)23-19-9-2-3-10-20(19)24-11-4-5-12-24/h2-3,6-10,14,16H,4-5,11-13,15H2,1H3,(H,23,27). The lowest BCUT2D eigenvalue weighted by Gasteiger charge is -2.22. The molecule has 1 N–H and O–H groups in total. The molecule has 2 amide bonds. The third kappa shape index (κ3) is 3.87. The van der Waals surface area contributed by atoms with Gasteiger partial charge < -0.3 is 15.1 Å². The number of para-hydroxylation sites is 2. The summed E-state index contributed by atoms with van der Waals surface area (Å²) in [5.41, 5.74) is 2.77. The van der Waals surface area contributed by atoms with Gasteiger partial charge in [-0.2, -0.15) is 0 Å². The van der Waals surface area contributed by atoms with Crippen molar-refractivity contribution in [3.05, 3.63) is 48.5 Å². The fourth-order valence-corrected chi connectivity index (χ4v) is 4.41. The first kappa shape index (κ1) is 18.9. The second kappa shape index (κ2) is 8.27. The molecule has 5 nitrogen and oxygen atoms in total. The molecule has 0 radical (unpaired) electrons. The van der Waals surface area contributed by atoms with Crippen molar-refractivity contribution in [2.75, 3.05) is 41.0 Å². The van der Waals surface area contributed by atoms with E-state index in [1.165, 1.54) is 12.8 Å². The van der Waals surface area contributed by atoms with E-state index in [2.05, 4.69) is 16.3 Å². The summed E-state index contributed by atoms with van der Waals surface area (Å²) in [6.45, 7) is 2.47. The number of hydrogen-bond donors (Lipinski definition) is 1. The zero-order valence-electron chi connectivity index (χ0n) is 16.1. The molecule has 146 valence electrons. The Morgan fingerprint density at radius 3 is 2.68 bits per heavy atom. The minimum absolute atomic E-state index is 0.00577. The molecule has 0 bridgehead atoms. The van der Waals surface area contributed by atoms with Crippen LogP contribution in [0.15, 0.2) is 53.4 Å². The number of anilines is 3. The van der Waals surface area contributed by atoms with Crippen LogP contribution in [0.4, 0.5) is 17.1 Å². The van der Waals surface area contributed by atoms with Crippen LogP contribution >= 0.6 is 11.8 Å². The predicted octanol–water partition coefficient (Wildman–Crippen LogP) is 4.00. The first-order valence-corrected chi connectivity index (χ1v) is 11.0. The number of thioether (sulfide) groups is 1. The Morgan fingerprint density at radius 2 is 1.89 bits per heavy atom. The molecule has 4 rings (SSSR count). The zero-order valence-corrected chi connectivity index (χ0v) is 16.9. The van der Waals surface area contributed by atoms with Gasteiger partial charge in [0.15, 0.2) is 0 Å². The third-order valence-corrected chi connectivity index (χ3v) is 6.19. The highest BCUT2D eigenvalue weighted by atomic mass is 32.2. The molecular weight excluding hydrogens is 370 g/mol. The fraction of sp³-hybridized carbons (Fsp3) is 0.364. The van der Waals surface area contributed by atoms with Crippen LogP contribution in [0.5, 0.6) is 0 Å². The van der Waals surface area contributed by atoms with E-state index in [1.807, 2.05) is 48.7 Å². The summed E-state index contributed by atoms with van der Waals surface area (Å²) in [6.07, 6.45) is 4.63. The van der Waals surface area contributed by atoms with Crippen molar-refractivity contribution in [2.45, 2.75) is 24.2 Å². The maximum absolute atomic E-state index is 12.9. The van der Waals surface area contributed by atoms with Crippen molar-refractivity contribution in [3.63, 3.8) is 0 Å². The molecule has 2 heterocycles. The molecule has 2 aliphatic heterocycles. The zero-order chi connectivity index (χ0) is 19.5. The summed E-state index contributed by atoms with van der Waals surface area (Å²) < 4.78 is 0. The molecule has 0 saturated carbocycles. The fourth-order valence-electron chi connectivity index (χ4n) is 3.96. The lowest BCUT2D eigenvalue weighted by molar-refractivity contribution is -0.122. The van der Waals surface area contributed by atoms with Gasteiger partial charge in [-0.3, -0.25) is 9.59 Å². The van der Waals surface area contributed by atoms with Crippen LogP contribution in [0.2, 0.25) is 0 Å². The first-order valence-electron chi connectivity index (χ1n) is 9.75. The quantitative estimate of drug-likeness (QED) is 0.778. The molecule has 6 heteroatoms. The van der Waals surface area contributed by atoms with E-state index in [1.54, 1.807) is 16.7 Å². The van der Waals surface area contributed by atoms with Crippen LogP contribution in [-0.2, 0) is 9.59 Å². The van der Waals surface area contributed by atoms with Crippen molar-refractivity contribution in [3.8, 4) is 0 Å². The number of amides is 2. The highest BCUT2D eigenvalue weighted by molar-refractivity contribution is 7.98. The minimum Gasteiger partial charge on any atom is -0.370 e. The van der Waals surface area contributed by atoms with Crippen LogP contribution < -0.4 is 15.1 Å². The summed E-state index contributed by atoms with van der Waals surface area (Å²) in [4.78, 5) is 30.6. The maximum Gasteiger partial charge on any atom is 0.229 e. The topological polar surface area (TPSA) is 52.7 Å². The maximum atomic E-state index is 12.9. The molecule has 0 aliphatic carbocycles. The van der Waals surface area contributed by atoms with E-state index in [0.29, 0.717) is 6.54 Å². The van der Waals surface area contributed by atoms with Gasteiger partial charge in [-0.25, -0.2) is 0 Å². The van der Waals surface area contributed by atoms with Crippen LogP contribution in [0, 0.1) is 5.92 Å². The first-order chi connectivity index (χ1) is 13.7. The molecular formula is C22H25N3O2S. The molecule has 2 fully saturated rings. The molecule has 2 aliphatic rings. The van der Waals surface area contributed by atoms with E-state index < -0.39 is 0 Å². The van der Waals surface area contributed by atoms with Crippen molar-refractivity contribution >= 4 is 40.6 Å². The van der Waals surface area contributed by atoms with Gasteiger partial charge in [0.2, 0.25) is 11.8 Å². The number of hydrogen-bond acceptors (Lipinski definition) is 4. The molecule has 1 unspecified atom stereocenters. The summed E-state index contributed by atoms with van der Waals surface area (Å²) in [6, 6.07) is 15.9. The third-order valence-electron chi connectivity index (χ3n) is 5.47. The van der Waals surface area contributed by atoms with E-state index in [4.69, 9.17) is 0 Å². The SMILES string of the molecule is CSc1cccc(N2CC(C(=O)Nc3ccccc3N3CCCC3)CC2=O)c1. The van der Waals surface area contributed by atoms with Crippen LogP contribution in [-0.4, -0.2) is 37.7 Å². The Hall–Kier alpha value is -2.47. The number of nitrogens with zero attached hydrogens (tertiary/aromatic N) is 2. The normalized spacial score (nSPS) is 19.3. The molecule has 2 saturated heterocycles. The van der Waals surface area contributed by atoms with Gasteiger partial charge in [-0.15, -0.1) is 11.8 Å². The van der Waals surface area contributed by atoms with Gasteiger partial charge in [0.1, 0.15) is 0 Å². The lowest BCUT2D eigenvalue weighted by Crippen LogP contribution is -2.29. The average Bonchev–Trinajstić information content (AvgIpc) is 3.38. The Kier molecular flexibility index (Phi) is 5.57. The Bertz CT molecular complexity index is 880. The van der Waals surface area contributed by atoms with Gasteiger partial charge in [0, 0.05) is 36.6 Å². The molecule has 0 spiro atoms. The molecule has 2 aromatic rings. The predicted molar refractivity (Wildman–Crippen MR) is 115 cm³/mol. The Morgan fingerprint density at radius 1 is 1.11 bits per heavy atom. The van der Waals surface area contributed by atoms with Gasteiger partial charge in [0.25, 0.3) is 0 Å². The molecule has 28 heavy (non-hydrogen) atoms. The average molecular weight is 396 g/mol. The van der Waals surface area contributed by atoms with Gasteiger partial charge in [-0.05, 0) is 49.4 Å². The summed E-state index contributed by atoms with van der Waals surface area (Å²) in [5.74, 6) is -0.410. The van der Waals surface area contributed by atoms with Gasteiger partial charge >= 0.3 is 0 Å². The van der Waals surface area contributed by atoms with Crippen LogP contribution in [0.25, 0.3) is 0 Å². The highest BCUT2D eigenvalue weighted by Gasteiger charge is 2.35. The molecule has 0 aromatic heterocycles. The van der Waals surface area contributed by atoms with E-state index in [9.17, 15) is 9.59 Å². The highest BCUT2D eigenvalue weighted by Crippen LogP contribution is 2.31. The number of benzene rings is 2. The number of rotatable bonds is 5. The molecule has 1 atom stereocenters. The second-order valence-corrected chi connectivity index (χ2v) is 8.19. The van der Waals surface area contributed by atoms with E-state index in [-0.39, 0.29) is 24.2 Å². The summed E-state index contributed by atoms with van der Waals surface area (Å²) >= 11 is 1.64. The Balaban J connectivity index is 1.47.